The normalized spacial score (nSPS) is 14.4. The predicted octanol–water partition coefficient (Wildman–Crippen LogP) is 2.71. The Morgan fingerprint density at radius 3 is 2.15 bits per heavy atom. The molecule has 3 aromatic carbocycles. The number of amides is 1. The number of benzene rings is 3. The van der Waals surface area contributed by atoms with E-state index in [0.29, 0.717) is 37.7 Å². The number of carbonyl (C=O) groups is 1. The van der Waals surface area contributed by atoms with Crippen LogP contribution >= 0.6 is 0 Å². The van der Waals surface area contributed by atoms with E-state index >= 15 is 0 Å². The van der Waals surface area contributed by atoms with E-state index < -0.39 is 32.5 Å². The van der Waals surface area contributed by atoms with E-state index in [1.165, 1.54) is 28.6 Å². The van der Waals surface area contributed by atoms with Crippen molar-refractivity contribution in [3.63, 3.8) is 0 Å². The second-order valence-electron chi connectivity index (χ2n) is 9.36. The van der Waals surface area contributed by atoms with Crippen LogP contribution < -0.4 is 14.4 Å². The lowest BCUT2D eigenvalue weighted by atomic mass is 10.1. The van der Waals surface area contributed by atoms with Gasteiger partial charge in [0.2, 0.25) is 15.9 Å². The van der Waals surface area contributed by atoms with Gasteiger partial charge in [-0.05, 0) is 73.5 Å². The molecule has 4 rings (SSSR count). The number of carbonyl (C=O) groups excluding carboxylic acids is 1. The number of hydrogen-bond donors (Lipinski definition) is 1. The average molecular weight is 588 g/mol. The maximum absolute atomic E-state index is 13.5. The quantitative estimate of drug-likeness (QED) is 0.342. The molecule has 0 saturated carbocycles. The molecule has 0 radical (unpaired) electrons. The minimum Gasteiger partial charge on any atom is -0.492 e. The maximum Gasteiger partial charge on any atom is 0.264 e. The average Bonchev–Trinajstić information content (AvgIpc) is 2.94. The number of morpholine rings is 1. The number of sulfonamides is 2. The first-order chi connectivity index (χ1) is 19.1. The van der Waals surface area contributed by atoms with Crippen LogP contribution in [0.3, 0.4) is 0 Å². The monoisotopic (exact) mass is 587 g/mol. The van der Waals surface area contributed by atoms with Gasteiger partial charge in [-0.1, -0.05) is 24.3 Å². The van der Waals surface area contributed by atoms with E-state index in [-0.39, 0.29) is 22.9 Å². The number of ether oxygens (including phenoxy) is 2. The summed E-state index contributed by atoms with van der Waals surface area (Å²) in [5, 5.41) is 2.70. The van der Waals surface area contributed by atoms with Crippen LogP contribution in [0.4, 0.5) is 5.69 Å². The summed E-state index contributed by atoms with van der Waals surface area (Å²) >= 11 is 0. The van der Waals surface area contributed by atoms with Gasteiger partial charge in [-0.15, -0.1) is 0 Å². The zero-order valence-electron chi connectivity index (χ0n) is 22.4. The van der Waals surface area contributed by atoms with E-state index in [1.807, 2.05) is 19.9 Å². The Labute approximate surface area is 235 Å². The summed E-state index contributed by atoms with van der Waals surface area (Å²) in [5.74, 6) is -0.0482. The molecule has 214 valence electrons. The molecule has 0 unspecified atom stereocenters. The molecule has 0 spiro atoms. The largest absolute Gasteiger partial charge is 0.492 e. The van der Waals surface area contributed by atoms with Gasteiger partial charge in [-0.25, -0.2) is 16.8 Å². The molecule has 0 aromatic heterocycles. The van der Waals surface area contributed by atoms with Crippen molar-refractivity contribution in [1.82, 2.24) is 9.62 Å². The van der Waals surface area contributed by atoms with Crippen LogP contribution in [0, 0.1) is 13.8 Å². The Bertz CT molecular complexity index is 1500. The summed E-state index contributed by atoms with van der Waals surface area (Å²) in [7, 11) is -7.60. The van der Waals surface area contributed by atoms with Crippen molar-refractivity contribution in [2.75, 3.05) is 50.3 Å². The Morgan fingerprint density at radius 1 is 0.900 bits per heavy atom. The van der Waals surface area contributed by atoms with E-state index in [0.717, 1.165) is 15.4 Å². The summed E-state index contributed by atoms with van der Waals surface area (Å²) in [4.78, 5) is 13.1. The van der Waals surface area contributed by atoms with Crippen LogP contribution in [-0.2, 0) is 29.6 Å². The number of nitrogens with zero attached hydrogens (tertiary/aromatic N) is 2. The van der Waals surface area contributed by atoms with Crippen LogP contribution in [0.25, 0.3) is 0 Å². The molecule has 10 nitrogen and oxygen atoms in total. The van der Waals surface area contributed by atoms with E-state index in [9.17, 15) is 21.6 Å². The van der Waals surface area contributed by atoms with Crippen LogP contribution in [-0.4, -0.2) is 73.0 Å². The summed E-state index contributed by atoms with van der Waals surface area (Å²) in [6.45, 7) is 4.92. The molecule has 1 saturated heterocycles. The van der Waals surface area contributed by atoms with Gasteiger partial charge in [-0.3, -0.25) is 9.10 Å². The molecular weight excluding hydrogens is 554 g/mol. The van der Waals surface area contributed by atoms with E-state index in [1.54, 1.807) is 42.5 Å². The lowest BCUT2D eigenvalue weighted by molar-refractivity contribution is -0.119. The summed E-state index contributed by atoms with van der Waals surface area (Å²) in [6.07, 6.45) is 0. The fourth-order valence-electron chi connectivity index (χ4n) is 4.32. The van der Waals surface area contributed by atoms with Crippen molar-refractivity contribution < 1.29 is 31.1 Å². The molecule has 3 aromatic rings. The number of nitrogens with one attached hydrogen (secondary N) is 1. The summed E-state index contributed by atoms with van der Waals surface area (Å²) in [6, 6.07) is 19.4. The molecule has 1 N–H and O–H groups in total. The second-order valence-corrected chi connectivity index (χ2v) is 13.2. The van der Waals surface area contributed by atoms with Gasteiger partial charge in [-0.2, -0.15) is 4.31 Å². The molecule has 12 heteroatoms. The molecule has 1 heterocycles. The molecule has 0 aliphatic carbocycles. The molecular formula is C28H33N3O7S2. The highest BCUT2D eigenvalue weighted by atomic mass is 32.2. The van der Waals surface area contributed by atoms with Crippen molar-refractivity contribution >= 4 is 31.6 Å². The fraction of sp³-hybridized carbons (Fsp3) is 0.321. The summed E-state index contributed by atoms with van der Waals surface area (Å²) in [5.41, 5.74) is 2.15. The van der Waals surface area contributed by atoms with Crippen molar-refractivity contribution in [3.8, 4) is 5.75 Å². The fourth-order valence-corrected chi connectivity index (χ4v) is 7.15. The standard InChI is InChI=1S/C28H33N3O7S2/c1-22-18-23(2)20-24(19-22)31(40(35,36)26-6-4-3-5-7-26)21-28(32)29-12-15-38-25-8-10-27(11-9-25)39(33,34)30-13-16-37-17-14-30/h3-11,18-20H,12-17,21H2,1-2H3,(H,29,32). The lowest BCUT2D eigenvalue weighted by Gasteiger charge is -2.26. The first kappa shape index (κ1) is 29.5. The molecule has 1 aliphatic heterocycles. The highest BCUT2D eigenvalue weighted by molar-refractivity contribution is 7.92. The lowest BCUT2D eigenvalue weighted by Crippen LogP contribution is -2.42. The topological polar surface area (TPSA) is 122 Å². The first-order valence-corrected chi connectivity index (χ1v) is 15.7. The van der Waals surface area contributed by atoms with Crippen LogP contribution in [0.5, 0.6) is 5.75 Å². The van der Waals surface area contributed by atoms with Gasteiger partial charge in [0.15, 0.2) is 0 Å². The Balaban J connectivity index is 1.36. The third kappa shape index (κ3) is 7.19. The van der Waals surface area contributed by atoms with Gasteiger partial charge in [0.1, 0.15) is 18.9 Å². The molecule has 40 heavy (non-hydrogen) atoms. The third-order valence-corrected chi connectivity index (χ3v) is 9.94. The Kier molecular flexibility index (Phi) is 9.46. The van der Waals surface area contributed by atoms with Crippen molar-refractivity contribution in [2.45, 2.75) is 23.6 Å². The minimum absolute atomic E-state index is 0.0874. The van der Waals surface area contributed by atoms with Gasteiger partial charge in [0.05, 0.1) is 35.2 Å². The molecule has 0 bridgehead atoms. The second kappa shape index (κ2) is 12.8. The van der Waals surface area contributed by atoms with Crippen LogP contribution in [0.1, 0.15) is 11.1 Å². The number of anilines is 1. The zero-order chi connectivity index (χ0) is 28.8. The number of rotatable bonds is 11. The predicted molar refractivity (Wildman–Crippen MR) is 151 cm³/mol. The molecule has 1 aliphatic rings. The summed E-state index contributed by atoms with van der Waals surface area (Å²) < 4.78 is 65.8. The SMILES string of the molecule is Cc1cc(C)cc(N(CC(=O)NCCOc2ccc(S(=O)(=O)N3CCOCC3)cc2)S(=O)(=O)c2ccccc2)c1. The maximum atomic E-state index is 13.5. The van der Waals surface area contributed by atoms with Gasteiger partial charge < -0.3 is 14.8 Å². The molecule has 1 amide bonds. The van der Waals surface area contributed by atoms with Gasteiger partial charge >= 0.3 is 0 Å². The first-order valence-electron chi connectivity index (χ1n) is 12.8. The van der Waals surface area contributed by atoms with Gasteiger partial charge in [0, 0.05) is 13.1 Å². The van der Waals surface area contributed by atoms with Gasteiger partial charge in [0.25, 0.3) is 10.0 Å². The van der Waals surface area contributed by atoms with Crippen molar-refractivity contribution in [1.29, 1.82) is 0 Å². The Hall–Kier alpha value is -3.45. The van der Waals surface area contributed by atoms with E-state index in [2.05, 4.69) is 5.32 Å². The van der Waals surface area contributed by atoms with Crippen molar-refractivity contribution in [3.05, 3.63) is 83.9 Å². The highest BCUT2D eigenvalue weighted by Gasteiger charge is 2.28. The smallest absolute Gasteiger partial charge is 0.264 e. The number of aryl methyl sites for hydroxylation is 2. The van der Waals surface area contributed by atoms with Crippen molar-refractivity contribution in [2.24, 2.45) is 0 Å². The molecule has 1 fully saturated rings. The Morgan fingerprint density at radius 2 is 1.52 bits per heavy atom. The van der Waals surface area contributed by atoms with Crippen LogP contribution in [0.15, 0.2) is 82.6 Å². The van der Waals surface area contributed by atoms with E-state index in [4.69, 9.17) is 9.47 Å². The third-order valence-electron chi connectivity index (χ3n) is 6.24. The number of hydrogen-bond acceptors (Lipinski definition) is 7. The zero-order valence-corrected chi connectivity index (χ0v) is 24.1. The van der Waals surface area contributed by atoms with Crippen LogP contribution in [0.2, 0.25) is 0 Å². The molecule has 0 atom stereocenters. The minimum atomic E-state index is -4.00. The highest BCUT2D eigenvalue weighted by Crippen LogP contribution is 2.26.